The molecule has 0 unspecified atom stereocenters. The number of pyridine rings is 1. The molecular formula is C22H16N6O3. The first-order valence-electron chi connectivity index (χ1n) is 9.27. The lowest BCUT2D eigenvalue weighted by molar-refractivity contribution is -0.384. The molecule has 31 heavy (non-hydrogen) atoms. The Bertz CT molecular complexity index is 1400. The number of hydrogen-bond donors (Lipinski definition) is 1. The van der Waals surface area contributed by atoms with Crippen LogP contribution in [0.2, 0.25) is 0 Å². The van der Waals surface area contributed by atoms with E-state index >= 15 is 0 Å². The van der Waals surface area contributed by atoms with E-state index < -0.39 is 10.8 Å². The molecule has 0 saturated carbocycles. The molecule has 0 aliphatic rings. The van der Waals surface area contributed by atoms with Gasteiger partial charge in [-0.25, -0.2) is 4.98 Å². The zero-order valence-corrected chi connectivity index (χ0v) is 16.7. The topological polar surface area (TPSA) is 127 Å². The molecule has 0 bridgehead atoms. The molecule has 0 atom stereocenters. The van der Waals surface area contributed by atoms with Gasteiger partial charge in [-0.1, -0.05) is 18.2 Å². The number of rotatable bonds is 4. The van der Waals surface area contributed by atoms with Crippen molar-refractivity contribution in [3.63, 3.8) is 0 Å². The fourth-order valence-electron chi connectivity index (χ4n) is 3.39. The maximum absolute atomic E-state index is 13.2. The van der Waals surface area contributed by atoms with Crippen LogP contribution in [0, 0.1) is 28.4 Å². The third kappa shape index (κ3) is 3.70. The number of carbonyl (C=O) groups is 1. The summed E-state index contributed by atoms with van der Waals surface area (Å²) in [6.07, 6.45) is 1.83. The summed E-state index contributed by atoms with van der Waals surface area (Å²) in [4.78, 5) is 28.2. The molecule has 4 rings (SSSR count). The average molecular weight is 412 g/mol. The zero-order chi connectivity index (χ0) is 22.1. The Morgan fingerprint density at radius 1 is 1.23 bits per heavy atom. The average Bonchev–Trinajstić information content (AvgIpc) is 3.10. The zero-order valence-electron chi connectivity index (χ0n) is 16.7. The van der Waals surface area contributed by atoms with Gasteiger partial charge in [-0.05, 0) is 25.1 Å². The van der Waals surface area contributed by atoms with E-state index in [-0.39, 0.29) is 16.9 Å². The van der Waals surface area contributed by atoms with E-state index in [1.165, 1.54) is 12.1 Å². The minimum atomic E-state index is -0.592. The number of non-ortho nitro benzene ring substituents is 1. The maximum Gasteiger partial charge on any atom is 0.270 e. The van der Waals surface area contributed by atoms with Gasteiger partial charge in [-0.15, -0.1) is 0 Å². The first kappa shape index (κ1) is 19.7. The minimum Gasteiger partial charge on any atom is -0.321 e. The summed E-state index contributed by atoms with van der Waals surface area (Å²) < 4.78 is 1.68. The van der Waals surface area contributed by atoms with Crippen LogP contribution in [0.4, 0.5) is 11.4 Å². The van der Waals surface area contributed by atoms with Crippen molar-refractivity contribution in [2.45, 2.75) is 6.92 Å². The summed E-state index contributed by atoms with van der Waals surface area (Å²) in [6, 6.07) is 14.5. The summed E-state index contributed by atoms with van der Waals surface area (Å²) in [5.41, 5.74) is 3.15. The summed E-state index contributed by atoms with van der Waals surface area (Å²) in [5.74, 6) is -0.452. The predicted octanol–water partition coefficient (Wildman–Crippen LogP) is 3.98. The molecule has 9 nitrogen and oxygen atoms in total. The first-order chi connectivity index (χ1) is 14.9. The number of hydrogen-bond acceptors (Lipinski definition) is 6. The van der Waals surface area contributed by atoms with Crippen molar-refractivity contribution in [2.75, 3.05) is 5.32 Å². The van der Waals surface area contributed by atoms with Gasteiger partial charge in [0, 0.05) is 36.3 Å². The van der Waals surface area contributed by atoms with Crippen molar-refractivity contribution >= 4 is 28.2 Å². The van der Waals surface area contributed by atoms with Crippen LogP contribution in [0.15, 0.2) is 54.7 Å². The molecule has 0 radical (unpaired) electrons. The molecule has 4 aromatic rings. The highest BCUT2D eigenvalue weighted by molar-refractivity contribution is 6.13. The molecule has 2 aromatic carbocycles. The van der Waals surface area contributed by atoms with Crippen molar-refractivity contribution in [2.24, 2.45) is 7.05 Å². The summed E-state index contributed by atoms with van der Waals surface area (Å²) in [6.45, 7) is 1.86. The van der Waals surface area contributed by atoms with Gasteiger partial charge in [0.05, 0.1) is 38.6 Å². The maximum atomic E-state index is 13.2. The van der Waals surface area contributed by atoms with Crippen LogP contribution in [-0.2, 0) is 7.05 Å². The number of para-hydroxylation sites is 1. The molecule has 0 saturated heterocycles. The largest absolute Gasteiger partial charge is 0.321 e. The molecule has 0 aliphatic heterocycles. The van der Waals surface area contributed by atoms with Gasteiger partial charge in [0.1, 0.15) is 6.07 Å². The Labute approximate surface area is 176 Å². The molecular weight excluding hydrogens is 396 g/mol. The Kier molecular flexibility index (Phi) is 4.89. The number of aryl methyl sites for hydroxylation is 2. The molecule has 152 valence electrons. The van der Waals surface area contributed by atoms with Gasteiger partial charge in [-0.3, -0.25) is 19.6 Å². The van der Waals surface area contributed by atoms with Gasteiger partial charge >= 0.3 is 0 Å². The Morgan fingerprint density at radius 3 is 2.68 bits per heavy atom. The van der Waals surface area contributed by atoms with Gasteiger partial charge in [0.25, 0.3) is 11.6 Å². The second kappa shape index (κ2) is 7.68. The van der Waals surface area contributed by atoms with E-state index in [0.717, 1.165) is 17.3 Å². The highest BCUT2D eigenvalue weighted by Crippen LogP contribution is 2.28. The van der Waals surface area contributed by atoms with Crippen molar-refractivity contribution in [1.82, 2.24) is 14.8 Å². The van der Waals surface area contributed by atoms with Gasteiger partial charge in [0.2, 0.25) is 0 Å². The number of benzene rings is 2. The van der Waals surface area contributed by atoms with Crippen LogP contribution in [-0.4, -0.2) is 25.6 Å². The number of carbonyl (C=O) groups excluding carboxylic acids is 1. The molecule has 0 spiro atoms. The fourth-order valence-corrected chi connectivity index (χ4v) is 3.39. The van der Waals surface area contributed by atoms with Gasteiger partial charge < -0.3 is 5.32 Å². The standard InChI is InChI=1S/C22H16N6O3/c1-13-18(12-27(2)26-13)21-10-17(16-5-3-4-6-20(16)24-21)22(29)25-19-8-7-15(28(30)31)9-14(19)11-23/h3-10,12H,1-2H3,(H,25,29). The van der Waals surface area contributed by atoms with Crippen LogP contribution in [0.5, 0.6) is 0 Å². The van der Waals surface area contributed by atoms with E-state index in [0.29, 0.717) is 22.2 Å². The smallest absolute Gasteiger partial charge is 0.270 e. The van der Waals surface area contributed by atoms with E-state index in [1.54, 1.807) is 16.8 Å². The van der Waals surface area contributed by atoms with Crippen molar-refractivity contribution in [3.05, 3.63) is 81.7 Å². The molecule has 9 heteroatoms. The quantitative estimate of drug-likeness (QED) is 0.399. The first-order valence-corrected chi connectivity index (χ1v) is 9.27. The second-order valence-corrected chi connectivity index (χ2v) is 6.93. The Balaban J connectivity index is 1.80. The number of nitro benzene ring substituents is 1. The SMILES string of the molecule is Cc1nn(C)cc1-c1cc(C(=O)Nc2ccc([N+](=O)[O-])cc2C#N)c2ccccc2n1. The van der Waals surface area contributed by atoms with E-state index in [1.807, 2.05) is 44.4 Å². The minimum absolute atomic E-state index is 0.00392. The van der Waals surface area contributed by atoms with E-state index in [2.05, 4.69) is 15.4 Å². The van der Waals surface area contributed by atoms with Crippen molar-refractivity contribution in [3.8, 4) is 17.3 Å². The predicted molar refractivity (Wildman–Crippen MR) is 114 cm³/mol. The number of nitrogens with one attached hydrogen (secondary N) is 1. The summed E-state index contributed by atoms with van der Waals surface area (Å²) in [5, 5.41) is 28.0. The lowest BCUT2D eigenvalue weighted by Crippen LogP contribution is -2.14. The Hall–Kier alpha value is -4.58. The number of nitrogens with zero attached hydrogens (tertiary/aromatic N) is 5. The second-order valence-electron chi connectivity index (χ2n) is 6.93. The number of nitriles is 1. The number of aromatic nitrogens is 3. The van der Waals surface area contributed by atoms with Gasteiger partial charge in [0.15, 0.2) is 0 Å². The molecule has 1 amide bonds. The lowest BCUT2D eigenvalue weighted by Gasteiger charge is -2.11. The van der Waals surface area contributed by atoms with Crippen LogP contribution in [0.1, 0.15) is 21.6 Å². The fraction of sp³-hybridized carbons (Fsp3) is 0.0909. The monoisotopic (exact) mass is 412 g/mol. The Morgan fingerprint density at radius 2 is 2.00 bits per heavy atom. The molecule has 1 N–H and O–H groups in total. The third-order valence-corrected chi connectivity index (χ3v) is 4.83. The number of nitro groups is 1. The molecule has 2 heterocycles. The molecule has 0 fully saturated rings. The van der Waals surface area contributed by atoms with Crippen LogP contribution in [0.3, 0.4) is 0 Å². The van der Waals surface area contributed by atoms with Gasteiger partial charge in [-0.2, -0.15) is 10.4 Å². The van der Waals surface area contributed by atoms with Crippen molar-refractivity contribution < 1.29 is 9.72 Å². The lowest BCUT2D eigenvalue weighted by atomic mass is 10.0. The number of anilines is 1. The number of amides is 1. The molecule has 2 aromatic heterocycles. The third-order valence-electron chi connectivity index (χ3n) is 4.83. The highest BCUT2D eigenvalue weighted by Gasteiger charge is 2.18. The van der Waals surface area contributed by atoms with Crippen LogP contribution >= 0.6 is 0 Å². The highest BCUT2D eigenvalue weighted by atomic mass is 16.6. The van der Waals surface area contributed by atoms with Crippen LogP contribution in [0.25, 0.3) is 22.2 Å². The van der Waals surface area contributed by atoms with Crippen LogP contribution < -0.4 is 5.32 Å². The van der Waals surface area contributed by atoms with E-state index in [9.17, 15) is 20.2 Å². The molecule has 0 aliphatic carbocycles. The number of fused-ring (bicyclic) bond motifs is 1. The van der Waals surface area contributed by atoms with E-state index in [4.69, 9.17) is 0 Å². The summed E-state index contributed by atoms with van der Waals surface area (Å²) in [7, 11) is 1.81. The summed E-state index contributed by atoms with van der Waals surface area (Å²) >= 11 is 0. The normalized spacial score (nSPS) is 10.6. The van der Waals surface area contributed by atoms with Crippen molar-refractivity contribution in [1.29, 1.82) is 5.26 Å².